The highest BCUT2D eigenvalue weighted by Crippen LogP contribution is 2.42. The third-order valence-electron chi connectivity index (χ3n) is 7.08. The molecule has 1 fully saturated rings. The quantitative estimate of drug-likeness (QED) is 0.154. The third kappa shape index (κ3) is 12.8. The van der Waals surface area contributed by atoms with Crippen LogP contribution in [0, 0.1) is 0 Å². The lowest BCUT2D eigenvalue weighted by atomic mass is 10.1. The van der Waals surface area contributed by atoms with Crippen LogP contribution in [0.1, 0.15) is 35.2 Å². The Balaban J connectivity index is 0.000000424. The number of carboxylic acid groups (broad SMARTS) is 2. The van der Waals surface area contributed by atoms with Crippen LogP contribution in [0.25, 0.3) is 0 Å². The molecule has 1 atom stereocenters. The van der Waals surface area contributed by atoms with Gasteiger partial charge >= 0.3 is 30.6 Å². The van der Waals surface area contributed by atoms with Gasteiger partial charge in [-0.1, -0.05) is 12.1 Å². The molecule has 2 aliphatic heterocycles. The Labute approximate surface area is 284 Å². The van der Waals surface area contributed by atoms with E-state index in [0.29, 0.717) is 29.5 Å². The zero-order valence-electron chi connectivity index (χ0n) is 26.4. The van der Waals surface area contributed by atoms with Gasteiger partial charge in [0, 0.05) is 42.8 Å². The number of carbonyl (C=O) groups excluding carboxylic acids is 1. The number of halogens is 8. The molecule has 2 aliphatic rings. The number of fused-ring (bicyclic) bond motifs is 1. The molecule has 20 heteroatoms. The minimum absolute atomic E-state index is 0.0813. The molecule has 1 unspecified atom stereocenters. The minimum atomic E-state index is -5.08. The van der Waals surface area contributed by atoms with E-state index in [4.69, 9.17) is 19.8 Å². The lowest BCUT2D eigenvalue weighted by Crippen LogP contribution is -2.27. The number of para-hydroxylation sites is 1. The van der Waals surface area contributed by atoms with Crippen LogP contribution in [-0.4, -0.2) is 82.8 Å². The van der Waals surface area contributed by atoms with Gasteiger partial charge in [-0.3, -0.25) is 4.79 Å². The van der Waals surface area contributed by atoms with Gasteiger partial charge in [0.1, 0.15) is 5.82 Å². The van der Waals surface area contributed by atoms with Gasteiger partial charge in [-0.25, -0.2) is 14.6 Å². The zero-order valence-corrected chi connectivity index (χ0v) is 26.4. The molecule has 5 rings (SSSR count). The molecule has 1 amide bonds. The third-order valence-corrected chi connectivity index (χ3v) is 7.08. The summed E-state index contributed by atoms with van der Waals surface area (Å²) in [6, 6.07) is 15.8. The fourth-order valence-corrected chi connectivity index (χ4v) is 4.65. The summed E-state index contributed by atoms with van der Waals surface area (Å²) in [5.41, 5.74) is 2.39. The average molecular weight is 738 g/mol. The maximum atomic E-state index is 13.3. The molecule has 0 spiro atoms. The van der Waals surface area contributed by atoms with E-state index in [0.717, 1.165) is 24.3 Å². The summed E-state index contributed by atoms with van der Waals surface area (Å²) in [7, 11) is 2.18. The second-order valence-corrected chi connectivity index (χ2v) is 10.8. The van der Waals surface area contributed by atoms with E-state index in [2.05, 4.69) is 42.4 Å². The highest BCUT2D eigenvalue weighted by molar-refractivity contribution is 6.08. The Hall–Kier alpha value is -5.40. The number of aliphatic carboxylic acids is 2. The lowest BCUT2D eigenvalue weighted by molar-refractivity contribution is -0.286. The van der Waals surface area contributed by atoms with Crippen molar-refractivity contribution in [1.82, 2.24) is 9.88 Å². The number of amides is 1. The first-order valence-electron chi connectivity index (χ1n) is 14.8. The number of carbonyl (C=O) groups is 3. The second-order valence-electron chi connectivity index (χ2n) is 10.8. The lowest BCUT2D eigenvalue weighted by Gasteiger charge is -2.19. The number of anilines is 3. The zero-order chi connectivity index (χ0) is 38.0. The second kappa shape index (κ2) is 17.0. The highest BCUT2D eigenvalue weighted by atomic mass is 19.4. The molecule has 1 aromatic heterocycles. The van der Waals surface area contributed by atoms with Crippen molar-refractivity contribution < 1.29 is 69.2 Å². The van der Waals surface area contributed by atoms with Crippen molar-refractivity contribution in [2.24, 2.45) is 0 Å². The van der Waals surface area contributed by atoms with Crippen molar-refractivity contribution in [3.05, 3.63) is 71.9 Å². The largest absolute Gasteiger partial charge is 0.586 e. The number of rotatable bonds is 9. The van der Waals surface area contributed by atoms with Crippen LogP contribution in [0.2, 0.25) is 0 Å². The number of ether oxygens (including phenoxy) is 2. The summed E-state index contributed by atoms with van der Waals surface area (Å²) < 4.78 is 98.9. The van der Waals surface area contributed by atoms with Gasteiger partial charge in [-0.2, -0.15) is 26.3 Å². The summed E-state index contributed by atoms with van der Waals surface area (Å²) in [4.78, 5) is 37.6. The summed E-state index contributed by atoms with van der Waals surface area (Å²) >= 11 is 0. The summed E-state index contributed by atoms with van der Waals surface area (Å²) in [5.74, 6) is -5.30. The summed E-state index contributed by atoms with van der Waals surface area (Å²) in [6.45, 7) is 2.52. The van der Waals surface area contributed by atoms with Gasteiger partial charge in [0.15, 0.2) is 11.5 Å². The molecular weight excluding hydrogens is 706 g/mol. The predicted octanol–water partition coefficient (Wildman–Crippen LogP) is 6.43. The molecule has 2 aromatic carbocycles. The standard InChI is InChI=1S/C27H29F2N5O3.2C2HF3O2/c1-34-14-4-5-20(34)11-13-31-25-15-18(10-12-30-25)17-32-22-7-3-2-6-21(22)26(35)33-19-8-9-23-24(16-19)37-27(28,29)36-23;2*3-2(4,5)1(6)7/h2-3,6-10,12,15-16,20,32H,4-5,11,13-14,17H2,1H3,(H,30,31)(H,33,35);2*(H,6,7). The fraction of sp³-hybridized carbons (Fsp3) is 0.355. The Kier molecular flexibility index (Phi) is 13.4. The molecule has 0 radical (unpaired) electrons. The molecule has 0 bridgehead atoms. The van der Waals surface area contributed by atoms with Crippen LogP contribution in [0.15, 0.2) is 60.8 Å². The minimum Gasteiger partial charge on any atom is -0.475 e. The van der Waals surface area contributed by atoms with E-state index in [1.807, 2.05) is 24.3 Å². The van der Waals surface area contributed by atoms with Gasteiger partial charge in [-0.15, -0.1) is 8.78 Å². The van der Waals surface area contributed by atoms with Crippen LogP contribution in [0.5, 0.6) is 11.5 Å². The van der Waals surface area contributed by atoms with Crippen molar-refractivity contribution in [2.45, 2.75) is 50.5 Å². The Morgan fingerprint density at radius 2 is 1.55 bits per heavy atom. The van der Waals surface area contributed by atoms with Crippen molar-refractivity contribution in [2.75, 3.05) is 36.1 Å². The number of nitrogens with zero attached hydrogens (tertiary/aromatic N) is 2. The van der Waals surface area contributed by atoms with E-state index in [1.165, 1.54) is 37.6 Å². The van der Waals surface area contributed by atoms with Crippen LogP contribution in [-0.2, 0) is 16.1 Å². The monoisotopic (exact) mass is 737 g/mol. The molecule has 3 aromatic rings. The molecule has 51 heavy (non-hydrogen) atoms. The Morgan fingerprint density at radius 3 is 2.16 bits per heavy atom. The average Bonchev–Trinajstić information content (AvgIpc) is 3.59. The SMILES string of the molecule is CN1CCCC1CCNc1cc(CNc2ccccc2C(=O)Nc2ccc3c(c2)OC(F)(F)O3)ccn1.O=C(O)C(F)(F)F.O=C(O)C(F)(F)F. The van der Waals surface area contributed by atoms with Gasteiger partial charge in [0.25, 0.3) is 5.91 Å². The summed E-state index contributed by atoms with van der Waals surface area (Å²) in [5, 5.41) is 23.7. The van der Waals surface area contributed by atoms with Crippen molar-refractivity contribution >= 4 is 35.0 Å². The molecule has 0 aliphatic carbocycles. The number of alkyl halides is 8. The van der Waals surface area contributed by atoms with Crippen LogP contribution in [0.3, 0.4) is 0 Å². The van der Waals surface area contributed by atoms with E-state index in [9.17, 15) is 39.9 Å². The van der Waals surface area contributed by atoms with E-state index >= 15 is 0 Å². The van der Waals surface area contributed by atoms with Crippen LogP contribution < -0.4 is 25.4 Å². The fourth-order valence-electron chi connectivity index (χ4n) is 4.65. The molecule has 0 saturated carbocycles. The van der Waals surface area contributed by atoms with E-state index in [-0.39, 0.29) is 17.4 Å². The molecule has 3 heterocycles. The number of hydrogen-bond acceptors (Lipinski definition) is 9. The number of pyridine rings is 1. The number of likely N-dealkylation sites (tertiary alicyclic amines) is 1. The van der Waals surface area contributed by atoms with Crippen molar-refractivity contribution in [3.8, 4) is 11.5 Å². The predicted molar refractivity (Wildman–Crippen MR) is 165 cm³/mol. The Morgan fingerprint density at radius 1 is 0.922 bits per heavy atom. The highest BCUT2D eigenvalue weighted by Gasteiger charge is 2.43. The number of carboxylic acids is 2. The first-order chi connectivity index (χ1) is 23.7. The molecule has 278 valence electrons. The number of aromatic nitrogens is 1. The van der Waals surface area contributed by atoms with Gasteiger partial charge in [-0.05, 0) is 74.8 Å². The smallest absolute Gasteiger partial charge is 0.475 e. The first-order valence-corrected chi connectivity index (χ1v) is 14.8. The van der Waals surface area contributed by atoms with Crippen molar-refractivity contribution in [3.63, 3.8) is 0 Å². The molecule has 1 saturated heterocycles. The normalized spacial score (nSPS) is 16.1. The maximum Gasteiger partial charge on any atom is 0.586 e. The maximum absolute atomic E-state index is 13.3. The molecule has 5 N–H and O–H groups in total. The van der Waals surface area contributed by atoms with Crippen molar-refractivity contribution in [1.29, 1.82) is 0 Å². The molecule has 12 nitrogen and oxygen atoms in total. The Bertz CT molecular complexity index is 1650. The summed E-state index contributed by atoms with van der Waals surface area (Å²) in [6.07, 6.45) is -8.53. The van der Waals surface area contributed by atoms with Gasteiger partial charge in [0.2, 0.25) is 0 Å². The number of hydrogen-bond donors (Lipinski definition) is 5. The topological polar surface area (TPSA) is 162 Å². The number of nitrogens with one attached hydrogen (secondary N) is 3. The van der Waals surface area contributed by atoms with E-state index in [1.54, 1.807) is 18.3 Å². The number of benzene rings is 2. The first kappa shape index (κ1) is 40.0. The van der Waals surface area contributed by atoms with Gasteiger partial charge < -0.3 is 40.5 Å². The van der Waals surface area contributed by atoms with Crippen LogP contribution >= 0.6 is 0 Å². The molecular formula is C31H31F8N5O7. The van der Waals surface area contributed by atoms with Gasteiger partial charge in [0.05, 0.1) is 5.56 Å². The van der Waals surface area contributed by atoms with E-state index < -0.39 is 30.6 Å². The van der Waals surface area contributed by atoms with Crippen LogP contribution in [0.4, 0.5) is 52.3 Å².